The zero-order valence-corrected chi connectivity index (χ0v) is 19.6. The molecule has 1 aromatic rings. The molecule has 1 N–H and O–H groups in total. The van der Waals surface area contributed by atoms with Gasteiger partial charge in [-0.25, -0.2) is 9.18 Å². The summed E-state index contributed by atoms with van der Waals surface area (Å²) >= 11 is 0. The van der Waals surface area contributed by atoms with Crippen molar-refractivity contribution < 1.29 is 28.7 Å². The van der Waals surface area contributed by atoms with Crippen LogP contribution in [0.3, 0.4) is 0 Å². The van der Waals surface area contributed by atoms with Crippen molar-refractivity contribution in [3.63, 3.8) is 0 Å². The minimum absolute atomic E-state index is 0.0399. The van der Waals surface area contributed by atoms with E-state index in [1.807, 2.05) is 0 Å². The van der Waals surface area contributed by atoms with Crippen molar-refractivity contribution in [3.8, 4) is 0 Å². The summed E-state index contributed by atoms with van der Waals surface area (Å²) in [5.74, 6) is -0.430. The number of carbonyl (C=O) groups excluding carboxylic acids is 2. The summed E-state index contributed by atoms with van der Waals surface area (Å²) in [6.45, 7) is 9.02. The first-order valence-electron chi connectivity index (χ1n) is 10.9. The third kappa shape index (κ3) is 5.52. The molecule has 182 valence electrons. The lowest BCUT2D eigenvalue weighted by Crippen LogP contribution is -2.50. The van der Waals surface area contributed by atoms with E-state index in [4.69, 9.17) is 4.74 Å². The number of rotatable bonds is 5. The normalized spacial score (nSPS) is 17.8. The van der Waals surface area contributed by atoms with Crippen LogP contribution < -0.4 is 4.90 Å². The summed E-state index contributed by atoms with van der Waals surface area (Å²) < 4.78 is 19.7. The number of amides is 2. The maximum absolute atomic E-state index is 14.3. The largest absolute Gasteiger partial charge is 0.444 e. The van der Waals surface area contributed by atoms with Crippen molar-refractivity contribution in [2.45, 2.75) is 58.5 Å². The second-order valence-electron chi connectivity index (χ2n) is 10.0. The summed E-state index contributed by atoms with van der Waals surface area (Å²) in [5.41, 5.74) is -1.35. The number of ether oxygens (including phenoxy) is 1. The SMILES string of the molecule is CC(C)(C)OC(=O)N1CCN(c2cc3c(cc2[N+](=O)[O-])CN(CC(F)C(C)(C)O)C3=O)CC1. The number of halogens is 1. The van der Waals surface area contributed by atoms with Gasteiger partial charge in [0.2, 0.25) is 0 Å². The number of alkyl halides is 1. The van der Waals surface area contributed by atoms with E-state index in [0.29, 0.717) is 31.7 Å². The van der Waals surface area contributed by atoms with Crippen LogP contribution in [0.25, 0.3) is 0 Å². The van der Waals surface area contributed by atoms with Crippen LogP contribution in [0.15, 0.2) is 12.1 Å². The van der Waals surface area contributed by atoms with Gasteiger partial charge in [-0.2, -0.15) is 0 Å². The Kier molecular flexibility index (Phi) is 6.56. The van der Waals surface area contributed by atoms with Gasteiger partial charge in [0.15, 0.2) is 0 Å². The third-order valence-electron chi connectivity index (χ3n) is 5.70. The Morgan fingerprint density at radius 2 is 1.82 bits per heavy atom. The monoisotopic (exact) mass is 466 g/mol. The predicted octanol–water partition coefficient (Wildman–Crippen LogP) is 2.72. The van der Waals surface area contributed by atoms with Crippen molar-refractivity contribution in [2.75, 3.05) is 37.6 Å². The topological polar surface area (TPSA) is 116 Å². The maximum Gasteiger partial charge on any atom is 0.410 e. The first-order valence-corrected chi connectivity index (χ1v) is 10.9. The molecule has 2 heterocycles. The van der Waals surface area contributed by atoms with Crippen LogP contribution in [0.2, 0.25) is 0 Å². The Hall–Kier alpha value is -2.95. The molecule has 0 radical (unpaired) electrons. The fourth-order valence-electron chi connectivity index (χ4n) is 3.82. The molecule has 0 bridgehead atoms. The van der Waals surface area contributed by atoms with E-state index in [1.165, 1.54) is 30.9 Å². The highest BCUT2D eigenvalue weighted by Crippen LogP contribution is 2.36. The van der Waals surface area contributed by atoms with Gasteiger partial charge in [-0.15, -0.1) is 0 Å². The van der Waals surface area contributed by atoms with Gasteiger partial charge in [-0.05, 0) is 46.2 Å². The number of fused-ring (bicyclic) bond motifs is 1. The first kappa shape index (κ1) is 24.7. The number of benzene rings is 1. The van der Waals surface area contributed by atoms with Gasteiger partial charge in [-0.1, -0.05) is 0 Å². The molecule has 1 saturated heterocycles. The number of hydrogen-bond donors (Lipinski definition) is 1. The molecule has 1 unspecified atom stereocenters. The van der Waals surface area contributed by atoms with Crippen molar-refractivity contribution >= 4 is 23.4 Å². The van der Waals surface area contributed by atoms with E-state index >= 15 is 0 Å². The second-order valence-corrected chi connectivity index (χ2v) is 10.0. The summed E-state index contributed by atoms with van der Waals surface area (Å²) in [6.07, 6.45) is -2.10. The highest BCUT2D eigenvalue weighted by atomic mass is 19.1. The molecular formula is C22H31FN4O6. The number of nitrogens with zero attached hydrogens (tertiary/aromatic N) is 4. The predicted molar refractivity (Wildman–Crippen MR) is 119 cm³/mol. The molecule has 0 saturated carbocycles. The molecule has 10 nitrogen and oxygen atoms in total. The molecule has 3 rings (SSSR count). The van der Waals surface area contributed by atoms with Crippen LogP contribution in [0.5, 0.6) is 0 Å². The number of aliphatic hydroxyl groups is 1. The van der Waals surface area contributed by atoms with Crippen molar-refractivity contribution in [1.29, 1.82) is 0 Å². The zero-order valence-electron chi connectivity index (χ0n) is 19.6. The van der Waals surface area contributed by atoms with Crippen molar-refractivity contribution in [1.82, 2.24) is 9.80 Å². The molecule has 2 aliphatic heterocycles. The van der Waals surface area contributed by atoms with Crippen molar-refractivity contribution in [2.24, 2.45) is 0 Å². The lowest BCUT2D eigenvalue weighted by Gasteiger charge is -2.36. The maximum atomic E-state index is 14.3. The van der Waals surface area contributed by atoms with Gasteiger partial charge in [0.05, 0.1) is 17.1 Å². The molecule has 33 heavy (non-hydrogen) atoms. The summed E-state index contributed by atoms with van der Waals surface area (Å²) in [5, 5.41) is 21.6. The van der Waals surface area contributed by atoms with Crippen LogP contribution in [-0.4, -0.2) is 81.9 Å². The van der Waals surface area contributed by atoms with Gasteiger partial charge in [0.1, 0.15) is 17.5 Å². The number of hydrogen-bond acceptors (Lipinski definition) is 7. The third-order valence-corrected chi connectivity index (χ3v) is 5.70. The van der Waals surface area contributed by atoms with Crippen LogP contribution in [-0.2, 0) is 11.3 Å². The van der Waals surface area contributed by atoms with Gasteiger partial charge in [-0.3, -0.25) is 14.9 Å². The summed E-state index contributed by atoms with van der Waals surface area (Å²) in [7, 11) is 0. The van der Waals surface area contributed by atoms with Crippen LogP contribution in [0.1, 0.15) is 50.5 Å². The Balaban J connectivity index is 1.78. The zero-order chi connectivity index (χ0) is 24.7. The smallest absolute Gasteiger partial charge is 0.410 e. The highest BCUT2D eigenvalue weighted by Gasteiger charge is 2.37. The van der Waals surface area contributed by atoms with Crippen LogP contribution in [0.4, 0.5) is 20.6 Å². The summed E-state index contributed by atoms with van der Waals surface area (Å²) in [6, 6.07) is 2.84. The Bertz CT molecular complexity index is 947. The number of carbonyl (C=O) groups is 2. The molecule has 1 aromatic carbocycles. The average molecular weight is 467 g/mol. The lowest BCUT2D eigenvalue weighted by atomic mass is 10.0. The standard InChI is InChI=1S/C22H31FN4O6/c1-21(2,3)33-20(29)25-8-6-24(7-9-25)16-11-15-14(10-17(16)27(31)32)12-26(19(15)28)13-18(23)22(4,5)30/h10-11,18,30H,6-9,12-13H2,1-5H3. The van der Waals surface area contributed by atoms with E-state index < -0.39 is 34.3 Å². The molecule has 0 aliphatic carbocycles. The number of piperazine rings is 1. The lowest BCUT2D eigenvalue weighted by molar-refractivity contribution is -0.384. The van der Waals surface area contributed by atoms with E-state index in [-0.39, 0.29) is 30.0 Å². The average Bonchev–Trinajstić information content (AvgIpc) is 3.00. The molecule has 2 aliphatic rings. The van der Waals surface area contributed by atoms with E-state index in [0.717, 1.165) is 0 Å². The van der Waals surface area contributed by atoms with Crippen LogP contribution in [0, 0.1) is 10.1 Å². The van der Waals surface area contributed by atoms with E-state index in [1.54, 1.807) is 30.6 Å². The van der Waals surface area contributed by atoms with E-state index in [9.17, 15) is 29.2 Å². The number of nitro benzene ring substituents is 1. The van der Waals surface area contributed by atoms with Gasteiger partial charge in [0.25, 0.3) is 11.6 Å². The van der Waals surface area contributed by atoms with Gasteiger partial charge >= 0.3 is 6.09 Å². The first-order chi connectivity index (χ1) is 15.2. The molecule has 0 spiro atoms. The molecule has 11 heteroatoms. The molecule has 2 amide bonds. The number of anilines is 1. The van der Waals surface area contributed by atoms with Gasteiger partial charge < -0.3 is 24.5 Å². The minimum Gasteiger partial charge on any atom is -0.444 e. The Labute approximate surface area is 192 Å². The van der Waals surface area contributed by atoms with Crippen LogP contribution >= 0.6 is 0 Å². The molecule has 0 aromatic heterocycles. The summed E-state index contributed by atoms with van der Waals surface area (Å²) in [4.78, 5) is 41.0. The van der Waals surface area contributed by atoms with Gasteiger partial charge in [0, 0.05) is 44.4 Å². The fourth-order valence-corrected chi connectivity index (χ4v) is 3.82. The fraction of sp³-hybridized carbons (Fsp3) is 0.636. The molecule has 1 atom stereocenters. The van der Waals surface area contributed by atoms with E-state index in [2.05, 4.69) is 0 Å². The Morgan fingerprint density at radius 1 is 1.21 bits per heavy atom. The minimum atomic E-state index is -1.66. The quantitative estimate of drug-likeness (QED) is 0.524. The Morgan fingerprint density at radius 3 is 2.33 bits per heavy atom. The second kappa shape index (κ2) is 8.77. The van der Waals surface area contributed by atoms with Crippen molar-refractivity contribution in [3.05, 3.63) is 33.4 Å². The molecular weight excluding hydrogens is 435 g/mol. The molecule has 1 fully saturated rings. The number of nitro groups is 1. The highest BCUT2D eigenvalue weighted by molar-refractivity contribution is 6.00.